The Labute approximate surface area is 134 Å². The first-order valence-corrected chi connectivity index (χ1v) is 8.15. The van der Waals surface area contributed by atoms with E-state index in [0.29, 0.717) is 5.02 Å². The maximum absolute atomic E-state index is 12.3. The maximum atomic E-state index is 12.3. The molecular weight excluding hydrogens is 304 g/mol. The molecule has 1 amide bonds. The van der Waals surface area contributed by atoms with Gasteiger partial charge in [-0.1, -0.05) is 11.6 Å². The van der Waals surface area contributed by atoms with Crippen molar-refractivity contribution in [2.75, 3.05) is 12.4 Å². The molecule has 1 heterocycles. The van der Waals surface area contributed by atoms with E-state index in [0.717, 1.165) is 12.2 Å². The largest absolute Gasteiger partial charge is 0.323 e. The van der Waals surface area contributed by atoms with Gasteiger partial charge in [0.2, 0.25) is 0 Å². The van der Waals surface area contributed by atoms with Crippen LogP contribution in [-0.4, -0.2) is 19.0 Å². The summed E-state index contributed by atoms with van der Waals surface area (Å²) < 4.78 is 0. The summed E-state index contributed by atoms with van der Waals surface area (Å²) in [5.74, 6) is 0.0176. The third-order valence-electron chi connectivity index (χ3n) is 3.65. The molecule has 0 saturated carbocycles. The highest BCUT2D eigenvalue weighted by atomic mass is 35.5. The molecule has 1 unspecified atom stereocenters. The van der Waals surface area contributed by atoms with Crippen LogP contribution < -0.4 is 10.2 Å². The number of rotatable bonds is 5. The molecule has 1 aromatic carbocycles. The zero-order valence-electron chi connectivity index (χ0n) is 12.4. The Balaban J connectivity index is 1.95. The molecule has 0 spiro atoms. The molecule has 2 rings (SSSR count). The second-order valence-corrected chi connectivity index (χ2v) is 6.70. The van der Waals surface area contributed by atoms with E-state index >= 15 is 0 Å². The minimum absolute atomic E-state index is 0.0176. The zero-order valence-corrected chi connectivity index (χ0v) is 14.0. The number of carbonyl (C=O) groups is 1. The Morgan fingerprint density at radius 1 is 1.33 bits per heavy atom. The summed E-state index contributed by atoms with van der Waals surface area (Å²) in [6.07, 6.45) is 0. The van der Waals surface area contributed by atoms with Gasteiger partial charge in [-0.15, -0.1) is 11.3 Å². The third kappa shape index (κ3) is 4.30. The Morgan fingerprint density at radius 3 is 2.57 bits per heavy atom. The van der Waals surface area contributed by atoms with Crippen molar-refractivity contribution < 1.29 is 9.69 Å². The number of carbonyl (C=O) groups excluding carboxylic acids is 1. The fraction of sp³-hybridized carbons (Fsp3) is 0.312. The van der Waals surface area contributed by atoms with Gasteiger partial charge in [0.05, 0.1) is 11.9 Å². The van der Waals surface area contributed by atoms with Crippen LogP contribution in [0.5, 0.6) is 0 Å². The number of anilines is 1. The predicted octanol–water partition coefficient (Wildman–Crippen LogP) is 2.75. The molecule has 112 valence electrons. The molecule has 2 atom stereocenters. The van der Waals surface area contributed by atoms with Crippen molar-refractivity contribution in [3.63, 3.8) is 0 Å². The Bertz CT molecular complexity index is 609. The van der Waals surface area contributed by atoms with E-state index in [1.807, 2.05) is 26.1 Å². The average molecular weight is 324 g/mol. The van der Waals surface area contributed by atoms with Gasteiger partial charge in [-0.05, 0) is 55.1 Å². The lowest BCUT2D eigenvalue weighted by molar-refractivity contribution is -0.907. The topological polar surface area (TPSA) is 33.5 Å². The SMILES string of the molecule is Cc1ccsc1C[NH+](C)[C@H](C)C(=O)Nc1ccc(Cl)cc1. The van der Waals surface area contributed by atoms with E-state index in [2.05, 4.69) is 23.7 Å². The number of quaternary nitrogens is 1. The van der Waals surface area contributed by atoms with E-state index in [4.69, 9.17) is 11.6 Å². The summed E-state index contributed by atoms with van der Waals surface area (Å²) in [7, 11) is 2.05. The molecule has 0 radical (unpaired) electrons. The molecule has 0 saturated heterocycles. The number of hydrogen-bond acceptors (Lipinski definition) is 2. The molecule has 1 aromatic heterocycles. The van der Waals surface area contributed by atoms with Crippen LogP contribution in [0.25, 0.3) is 0 Å². The van der Waals surface area contributed by atoms with Gasteiger partial charge in [0.25, 0.3) is 5.91 Å². The molecule has 21 heavy (non-hydrogen) atoms. The van der Waals surface area contributed by atoms with Crippen LogP contribution in [-0.2, 0) is 11.3 Å². The van der Waals surface area contributed by atoms with Crippen molar-refractivity contribution in [1.29, 1.82) is 0 Å². The second-order valence-electron chi connectivity index (χ2n) is 5.27. The van der Waals surface area contributed by atoms with Gasteiger partial charge in [-0.2, -0.15) is 0 Å². The van der Waals surface area contributed by atoms with Gasteiger partial charge in [0, 0.05) is 10.7 Å². The Hall–Kier alpha value is -1.36. The highest BCUT2D eigenvalue weighted by Crippen LogP contribution is 2.15. The van der Waals surface area contributed by atoms with Crippen LogP contribution in [0.15, 0.2) is 35.7 Å². The summed E-state index contributed by atoms with van der Waals surface area (Å²) in [6, 6.07) is 9.16. The molecule has 2 aromatic rings. The minimum Gasteiger partial charge on any atom is -0.323 e. The summed E-state index contributed by atoms with van der Waals surface area (Å²) in [5.41, 5.74) is 2.07. The average Bonchev–Trinajstić information content (AvgIpc) is 2.86. The lowest BCUT2D eigenvalue weighted by atomic mass is 10.2. The fourth-order valence-electron chi connectivity index (χ4n) is 2.00. The van der Waals surface area contributed by atoms with Gasteiger partial charge in [-0.3, -0.25) is 4.79 Å². The van der Waals surface area contributed by atoms with Gasteiger partial charge in [0.1, 0.15) is 6.54 Å². The normalized spacial score (nSPS) is 13.7. The van der Waals surface area contributed by atoms with Crippen molar-refractivity contribution in [3.8, 4) is 0 Å². The van der Waals surface area contributed by atoms with Crippen LogP contribution in [0.3, 0.4) is 0 Å². The first-order chi connectivity index (χ1) is 9.97. The van der Waals surface area contributed by atoms with E-state index < -0.39 is 0 Å². The van der Waals surface area contributed by atoms with Crippen molar-refractivity contribution in [2.24, 2.45) is 0 Å². The summed E-state index contributed by atoms with van der Waals surface area (Å²) >= 11 is 7.59. The van der Waals surface area contributed by atoms with Crippen LogP contribution in [0.4, 0.5) is 5.69 Å². The third-order valence-corrected chi connectivity index (χ3v) is 4.93. The van der Waals surface area contributed by atoms with E-state index in [1.165, 1.54) is 15.3 Å². The van der Waals surface area contributed by atoms with Crippen LogP contribution in [0, 0.1) is 6.92 Å². The number of thiophene rings is 1. The standard InChI is InChI=1S/C16H19ClN2OS/c1-11-8-9-21-15(11)10-19(3)12(2)16(20)18-14-6-4-13(17)5-7-14/h4-9,12H,10H2,1-3H3,(H,18,20)/p+1/t12-/m1/s1. The van der Waals surface area contributed by atoms with E-state index in [1.54, 1.807) is 23.5 Å². The van der Waals surface area contributed by atoms with Gasteiger partial charge in [0.15, 0.2) is 6.04 Å². The number of benzene rings is 1. The maximum Gasteiger partial charge on any atom is 0.282 e. The smallest absolute Gasteiger partial charge is 0.282 e. The van der Waals surface area contributed by atoms with Crippen LogP contribution >= 0.6 is 22.9 Å². The molecule has 2 N–H and O–H groups in total. The molecule has 0 fully saturated rings. The lowest BCUT2D eigenvalue weighted by Gasteiger charge is -2.21. The number of nitrogens with one attached hydrogen (secondary N) is 2. The van der Waals surface area contributed by atoms with Crippen LogP contribution in [0.2, 0.25) is 5.02 Å². The Morgan fingerprint density at radius 2 is 2.00 bits per heavy atom. The van der Waals surface area contributed by atoms with Gasteiger partial charge in [-0.25, -0.2) is 0 Å². The summed E-state index contributed by atoms with van der Waals surface area (Å²) in [4.78, 5) is 14.8. The number of halogens is 1. The van der Waals surface area contributed by atoms with Gasteiger partial charge < -0.3 is 10.2 Å². The van der Waals surface area contributed by atoms with Gasteiger partial charge >= 0.3 is 0 Å². The fourth-order valence-corrected chi connectivity index (χ4v) is 3.13. The monoisotopic (exact) mass is 323 g/mol. The molecular formula is C16H20ClN2OS+. The van der Waals surface area contributed by atoms with E-state index in [9.17, 15) is 4.79 Å². The summed E-state index contributed by atoms with van der Waals surface area (Å²) in [6.45, 7) is 4.92. The van der Waals surface area contributed by atoms with E-state index in [-0.39, 0.29) is 11.9 Å². The lowest BCUT2D eigenvalue weighted by Crippen LogP contribution is -3.12. The molecule has 5 heteroatoms. The zero-order chi connectivity index (χ0) is 15.4. The first-order valence-electron chi connectivity index (χ1n) is 6.89. The summed E-state index contributed by atoms with van der Waals surface area (Å²) in [5, 5.41) is 5.69. The highest BCUT2D eigenvalue weighted by Gasteiger charge is 2.22. The first kappa shape index (κ1) is 16.0. The minimum atomic E-state index is -0.123. The predicted molar refractivity (Wildman–Crippen MR) is 89.2 cm³/mol. The molecule has 3 nitrogen and oxygen atoms in total. The molecule has 0 aliphatic carbocycles. The Kier molecular flexibility index (Phi) is 5.39. The number of hydrogen-bond donors (Lipinski definition) is 2. The highest BCUT2D eigenvalue weighted by molar-refractivity contribution is 7.10. The van der Waals surface area contributed by atoms with Crippen molar-refractivity contribution in [1.82, 2.24) is 0 Å². The molecule has 0 aliphatic rings. The van der Waals surface area contributed by atoms with Crippen molar-refractivity contribution in [3.05, 3.63) is 51.2 Å². The quantitative estimate of drug-likeness (QED) is 0.871. The van der Waals surface area contributed by atoms with Crippen LogP contribution in [0.1, 0.15) is 17.4 Å². The van der Waals surface area contributed by atoms with Crippen molar-refractivity contribution in [2.45, 2.75) is 26.4 Å². The molecule has 0 bridgehead atoms. The molecule has 0 aliphatic heterocycles. The number of amides is 1. The number of likely N-dealkylation sites (N-methyl/N-ethyl adjacent to an activating group) is 1. The number of aryl methyl sites for hydroxylation is 1. The van der Waals surface area contributed by atoms with Crippen molar-refractivity contribution >= 4 is 34.5 Å². The second kappa shape index (κ2) is 7.07.